The molecule has 2 heterocycles. The van der Waals surface area contributed by atoms with Gasteiger partial charge in [-0.05, 0) is 12.8 Å². The Morgan fingerprint density at radius 3 is 2.75 bits per heavy atom. The summed E-state index contributed by atoms with van der Waals surface area (Å²) < 4.78 is 0. The second kappa shape index (κ2) is 5.91. The first-order chi connectivity index (χ1) is 9.41. The molecule has 1 atom stereocenters. The van der Waals surface area contributed by atoms with Gasteiger partial charge < -0.3 is 5.32 Å². The van der Waals surface area contributed by atoms with Crippen LogP contribution < -0.4 is 5.32 Å². The van der Waals surface area contributed by atoms with Crippen LogP contribution in [0.25, 0.3) is 0 Å². The van der Waals surface area contributed by atoms with E-state index in [1.54, 1.807) is 0 Å². The van der Waals surface area contributed by atoms with Gasteiger partial charge in [-0.15, -0.1) is 0 Å². The zero-order chi connectivity index (χ0) is 14.8. The summed E-state index contributed by atoms with van der Waals surface area (Å²) in [6.07, 6.45) is 1.79. The molecule has 1 aromatic heterocycles. The van der Waals surface area contributed by atoms with Gasteiger partial charge in [0.2, 0.25) is 5.91 Å². The lowest BCUT2D eigenvalue weighted by Crippen LogP contribution is -2.43. The van der Waals surface area contributed by atoms with Crippen LogP contribution in [0.15, 0.2) is 0 Å². The number of rotatable bonds is 3. The van der Waals surface area contributed by atoms with Crippen molar-refractivity contribution in [1.82, 2.24) is 25.4 Å². The van der Waals surface area contributed by atoms with Crippen molar-refractivity contribution in [3.63, 3.8) is 0 Å². The minimum atomic E-state index is -0.0688. The van der Waals surface area contributed by atoms with E-state index in [4.69, 9.17) is 0 Å². The number of hydrogen-bond acceptors (Lipinski definition) is 4. The second-order valence-corrected chi connectivity index (χ2v) is 6.39. The highest BCUT2D eigenvalue weighted by Gasteiger charge is 2.27. The van der Waals surface area contributed by atoms with Crippen LogP contribution in [0.5, 0.6) is 0 Å². The number of aromatic nitrogens is 3. The van der Waals surface area contributed by atoms with Crippen molar-refractivity contribution in [1.29, 1.82) is 0 Å². The van der Waals surface area contributed by atoms with Gasteiger partial charge >= 0.3 is 0 Å². The number of carbonyl (C=O) groups is 1. The monoisotopic (exact) mass is 279 g/mol. The van der Waals surface area contributed by atoms with E-state index >= 15 is 0 Å². The lowest BCUT2D eigenvalue weighted by atomic mass is 9.96. The molecule has 1 aliphatic rings. The highest BCUT2D eigenvalue weighted by atomic mass is 16.2. The normalized spacial score (nSPS) is 21.6. The van der Waals surface area contributed by atoms with E-state index in [0.717, 1.165) is 37.6 Å². The molecule has 0 spiro atoms. The molecule has 0 bridgehead atoms. The average Bonchev–Trinajstić information content (AvgIpc) is 2.76. The SMILES string of the molecule is CC[C@H]1C(=O)NCCCN1Cc1nc(C(C)(C)C)n[nH]1. The molecule has 0 saturated carbocycles. The summed E-state index contributed by atoms with van der Waals surface area (Å²) >= 11 is 0. The van der Waals surface area contributed by atoms with Gasteiger partial charge in [-0.2, -0.15) is 5.10 Å². The number of amides is 1. The van der Waals surface area contributed by atoms with Crippen LogP contribution in [-0.2, 0) is 16.8 Å². The van der Waals surface area contributed by atoms with Gasteiger partial charge in [0.25, 0.3) is 0 Å². The molecule has 0 aromatic carbocycles. The minimum Gasteiger partial charge on any atom is -0.355 e. The van der Waals surface area contributed by atoms with Crippen molar-refractivity contribution in [2.75, 3.05) is 13.1 Å². The summed E-state index contributed by atoms with van der Waals surface area (Å²) in [5.74, 6) is 1.78. The molecule has 2 rings (SSSR count). The van der Waals surface area contributed by atoms with E-state index in [9.17, 15) is 4.79 Å². The summed E-state index contributed by atoms with van der Waals surface area (Å²) in [6, 6.07) is -0.0688. The van der Waals surface area contributed by atoms with Crippen molar-refractivity contribution < 1.29 is 4.79 Å². The molecule has 6 heteroatoms. The quantitative estimate of drug-likeness (QED) is 0.872. The van der Waals surface area contributed by atoms with Crippen LogP contribution in [0.3, 0.4) is 0 Å². The molecule has 0 unspecified atom stereocenters. The topological polar surface area (TPSA) is 73.9 Å². The van der Waals surface area contributed by atoms with E-state index < -0.39 is 0 Å². The molecule has 1 fully saturated rings. The third-order valence-corrected chi connectivity index (χ3v) is 3.61. The van der Waals surface area contributed by atoms with Gasteiger partial charge in [0.1, 0.15) is 5.82 Å². The molecule has 0 aliphatic carbocycles. The van der Waals surface area contributed by atoms with Gasteiger partial charge in [-0.3, -0.25) is 14.8 Å². The standard InChI is InChI=1S/C14H25N5O/c1-5-10-12(20)15-7-6-8-19(10)9-11-16-13(18-17-11)14(2,3)4/h10H,5-9H2,1-4H3,(H,15,20)(H,16,17,18)/t10-/m0/s1. The molecule has 20 heavy (non-hydrogen) atoms. The molecule has 112 valence electrons. The fourth-order valence-corrected chi connectivity index (χ4v) is 2.46. The van der Waals surface area contributed by atoms with Gasteiger partial charge in [-0.1, -0.05) is 27.7 Å². The number of carbonyl (C=O) groups excluding carboxylic acids is 1. The Balaban J connectivity index is 2.10. The van der Waals surface area contributed by atoms with Crippen molar-refractivity contribution in [2.45, 2.75) is 58.5 Å². The second-order valence-electron chi connectivity index (χ2n) is 6.39. The third-order valence-electron chi connectivity index (χ3n) is 3.61. The molecule has 0 radical (unpaired) electrons. The maximum Gasteiger partial charge on any atom is 0.237 e. The van der Waals surface area contributed by atoms with E-state index in [-0.39, 0.29) is 17.4 Å². The first-order valence-corrected chi connectivity index (χ1v) is 7.35. The zero-order valence-corrected chi connectivity index (χ0v) is 12.9. The van der Waals surface area contributed by atoms with E-state index in [0.29, 0.717) is 6.54 Å². The van der Waals surface area contributed by atoms with Crippen molar-refractivity contribution >= 4 is 5.91 Å². The first-order valence-electron chi connectivity index (χ1n) is 7.35. The molecule has 2 N–H and O–H groups in total. The molecule has 1 aliphatic heterocycles. The van der Waals surface area contributed by atoms with Gasteiger partial charge in [0, 0.05) is 18.5 Å². The Hall–Kier alpha value is -1.43. The van der Waals surface area contributed by atoms with Crippen molar-refractivity contribution in [3.8, 4) is 0 Å². The summed E-state index contributed by atoms with van der Waals surface area (Å²) in [7, 11) is 0. The highest BCUT2D eigenvalue weighted by molar-refractivity contribution is 5.81. The first kappa shape index (κ1) is 15.0. The Morgan fingerprint density at radius 1 is 1.40 bits per heavy atom. The highest BCUT2D eigenvalue weighted by Crippen LogP contribution is 2.18. The average molecular weight is 279 g/mol. The fraction of sp³-hybridized carbons (Fsp3) is 0.786. The number of nitrogens with one attached hydrogen (secondary N) is 2. The zero-order valence-electron chi connectivity index (χ0n) is 12.9. The fourth-order valence-electron chi connectivity index (χ4n) is 2.46. The van der Waals surface area contributed by atoms with Gasteiger partial charge in [0.05, 0.1) is 12.6 Å². The Labute approximate surface area is 120 Å². The van der Waals surface area contributed by atoms with E-state index in [1.807, 2.05) is 6.92 Å². The largest absolute Gasteiger partial charge is 0.355 e. The number of aromatic amines is 1. The van der Waals surface area contributed by atoms with Crippen LogP contribution in [0.4, 0.5) is 0 Å². The number of hydrogen-bond donors (Lipinski definition) is 2. The summed E-state index contributed by atoms with van der Waals surface area (Å²) in [6.45, 7) is 10.6. The number of nitrogens with zero attached hydrogens (tertiary/aromatic N) is 3. The predicted octanol–water partition coefficient (Wildman–Crippen LogP) is 1.20. The third kappa shape index (κ3) is 3.36. The Bertz CT molecular complexity index is 462. The minimum absolute atomic E-state index is 0.0604. The molecule has 6 nitrogen and oxygen atoms in total. The van der Waals surface area contributed by atoms with E-state index in [1.165, 1.54) is 0 Å². The Morgan fingerprint density at radius 2 is 2.15 bits per heavy atom. The van der Waals surface area contributed by atoms with Crippen LogP contribution in [0.2, 0.25) is 0 Å². The van der Waals surface area contributed by atoms with Crippen LogP contribution in [0.1, 0.15) is 52.2 Å². The van der Waals surface area contributed by atoms with Crippen LogP contribution in [0, 0.1) is 0 Å². The van der Waals surface area contributed by atoms with Crippen molar-refractivity contribution in [2.24, 2.45) is 0 Å². The molecular weight excluding hydrogens is 254 g/mol. The smallest absolute Gasteiger partial charge is 0.237 e. The lowest BCUT2D eigenvalue weighted by Gasteiger charge is -2.26. The molecular formula is C14H25N5O. The number of H-pyrrole nitrogens is 1. The summed E-state index contributed by atoms with van der Waals surface area (Å²) in [5, 5.41) is 10.3. The Kier molecular flexibility index (Phi) is 4.42. The molecule has 1 saturated heterocycles. The molecule has 1 amide bonds. The van der Waals surface area contributed by atoms with E-state index in [2.05, 4.69) is 46.2 Å². The van der Waals surface area contributed by atoms with Gasteiger partial charge in [0.15, 0.2) is 5.82 Å². The van der Waals surface area contributed by atoms with Crippen LogP contribution in [-0.4, -0.2) is 45.1 Å². The summed E-state index contributed by atoms with van der Waals surface area (Å²) in [4.78, 5) is 18.8. The maximum absolute atomic E-state index is 12.0. The predicted molar refractivity (Wildman–Crippen MR) is 77.2 cm³/mol. The summed E-state index contributed by atoms with van der Waals surface area (Å²) in [5.41, 5.74) is -0.0604. The van der Waals surface area contributed by atoms with Gasteiger partial charge in [-0.25, -0.2) is 4.98 Å². The van der Waals surface area contributed by atoms with Crippen molar-refractivity contribution in [3.05, 3.63) is 11.6 Å². The maximum atomic E-state index is 12.0. The van der Waals surface area contributed by atoms with Crippen LogP contribution >= 0.6 is 0 Å². The molecule has 1 aromatic rings. The lowest BCUT2D eigenvalue weighted by molar-refractivity contribution is -0.125.